The lowest BCUT2D eigenvalue weighted by Crippen LogP contribution is -2.50. The van der Waals surface area contributed by atoms with Crippen LogP contribution >= 0.6 is 11.6 Å². The van der Waals surface area contributed by atoms with Gasteiger partial charge < -0.3 is 14.4 Å². The fourth-order valence-corrected chi connectivity index (χ4v) is 4.97. The van der Waals surface area contributed by atoms with Gasteiger partial charge in [-0.25, -0.2) is 8.42 Å². The first kappa shape index (κ1) is 20.0. The number of halogens is 1. The zero-order chi connectivity index (χ0) is 20.4. The Morgan fingerprint density at radius 3 is 2.28 bits per heavy atom. The van der Waals surface area contributed by atoms with Crippen LogP contribution in [-0.2, 0) is 21.2 Å². The van der Waals surface area contributed by atoms with E-state index in [-0.39, 0.29) is 30.3 Å². The summed E-state index contributed by atoms with van der Waals surface area (Å²) in [4.78, 5) is 14.6. The van der Waals surface area contributed by atoms with E-state index >= 15 is 0 Å². The lowest BCUT2D eigenvalue weighted by atomic mass is 10.1. The molecular formula is C20H21ClN2O5S. The number of piperazine rings is 1. The first-order valence-corrected chi connectivity index (χ1v) is 11.2. The van der Waals surface area contributed by atoms with Crippen LogP contribution in [0.5, 0.6) is 11.5 Å². The molecule has 1 fully saturated rings. The van der Waals surface area contributed by atoms with Crippen molar-refractivity contribution in [3.8, 4) is 11.5 Å². The van der Waals surface area contributed by atoms with Crippen LogP contribution in [0.25, 0.3) is 0 Å². The number of hydrogen-bond donors (Lipinski definition) is 0. The standard InChI is InChI=1S/C20H21ClN2O5S/c21-16-2-4-17(5-3-16)29(25,26)23-9-7-22(8-10-23)20(24)14-15-1-6-18-19(13-15)28-12-11-27-18/h1-6,13H,7-12,14H2. The molecule has 0 aliphatic carbocycles. The van der Waals surface area contributed by atoms with E-state index in [1.54, 1.807) is 17.0 Å². The van der Waals surface area contributed by atoms with Gasteiger partial charge in [-0.1, -0.05) is 17.7 Å². The lowest BCUT2D eigenvalue weighted by molar-refractivity contribution is -0.131. The largest absolute Gasteiger partial charge is 0.486 e. The number of carbonyl (C=O) groups excluding carboxylic acids is 1. The Bertz CT molecular complexity index is 1000. The van der Waals surface area contributed by atoms with Crippen LogP contribution in [0.15, 0.2) is 47.4 Å². The smallest absolute Gasteiger partial charge is 0.243 e. The van der Waals surface area contributed by atoms with Gasteiger partial charge in [0.2, 0.25) is 15.9 Å². The first-order valence-electron chi connectivity index (χ1n) is 9.35. The number of hydrogen-bond acceptors (Lipinski definition) is 5. The molecule has 0 spiro atoms. The summed E-state index contributed by atoms with van der Waals surface area (Å²) in [6.45, 7) is 2.25. The zero-order valence-corrected chi connectivity index (χ0v) is 17.3. The molecule has 2 aromatic carbocycles. The highest BCUT2D eigenvalue weighted by Crippen LogP contribution is 2.31. The fraction of sp³-hybridized carbons (Fsp3) is 0.350. The van der Waals surface area contributed by atoms with Crippen LogP contribution in [0.3, 0.4) is 0 Å². The molecule has 0 saturated carbocycles. The van der Waals surface area contributed by atoms with Gasteiger partial charge >= 0.3 is 0 Å². The molecule has 2 heterocycles. The predicted molar refractivity (Wildman–Crippen MR) is 108 cm³/mol. The molecule has 0 aromatic heterocycles. The molecule has 1 saturated heterocycles. The molecule has 0 radical (unpaired) electrons. The number of benzene rings is 2. The van der Waals surface area contributed by atoms with Crippen molar-refractivity contribution < 1.29 is 22.7 Å². The molecule has 0 bridgehead atoms. The summed E-state index contributed by atoms with van der Waals surface area (Å²) in [7, 11) is -3.59. The monoisotopic (exact) mass is 436 g/mol. The van der Waals surface area contributed by atoms with Crippen molar-refractivity contribution in [2.75, 3.05) is 39.4 Å². The summed E-state index contributed by atoms with van der Waals surface area (Å²) in [6, 6.07) is 11.6. The van der Waals surface area contributed by atoms with E-state index in [2.05, 4.69) is 0 Å². The third-order valence-electron chi connectivity index (χ3n) is 5.00. The number of rotatable bonds is 4. The number of fused-ring (bicyclic) bond motifs is 1. The number of nitrogens with zero attached hydrogens (tertiary/aromatic N) is 2. The minimum absolute atomic E-state index is 0.0368. The summed E-state index contributed by atoms with van der Waals surface area (Å²) in [6.07, 6.45) is 0.237. The van der Waals surface area contributed by atoms with Gasteiger partial charge in [-0.05, 0) is 42.0 Å². The van der Waals surface area contributed by atoms with Crippen molar-refractivity contribution in [2.45, 2.75) is 11.3 Å². The highest BCUT2D eigenvalue weighted by atomic mass is 35.5. The Hall–Kier alpha value is -2.29. The average Bonchev–Trinajstić information content (AvgIpc) is 2.74. The minimum Gasteiger partial charge on any atom is -0.486 e. The van der Waals surface area contributed by atoms with Gasteiger partial charge in [0.25, 0.3) is 0 Å². The molecule has 2 aliphatic heterocycles. The van der Waals surface area contributed by atoms with E-state index in [0.29, 0.717) is 42.8 Å². The van der Waals surface area contributed by atoms with Crippen molar-refractivity contribution in [1.29, 1.82) is 0 Å². The second-order valence-electron chi connectivity index (χ2n) is 6.89. The second kappa shape index (κ2) is 8.22. The maximum Gasteiger partial charge on any atom is 0.243 e. The van der Waals surface area contributed by atoms with Gasteiger partial charge in [0.15, 0.2) is 11.5 Å². The van der Waals surface area contributed by atoms with Crippen LogP contribution in [0, 0.1) is 0 Å². The first-order chi connectivity index (χ1) is 13.9. The Morgan fingerprint density at radius 1 is 0.931 bits per heavy atom. The van der Waals surface area contributed by atoms with Gasteiger partial charge in [0, 0.05) is 31.2 Å². The number of sulfonamides is 1. The summed E-state index contributed by atoms with van der Waals surface area (Å²) in [5.41, 5.74) is 0.843. The Balaban J connectivity index is 1.36. The van der Waals surface area contributed by atoms with Crippen molar-refractivity contribution in [1.82, 2.24) is 9.21 Å². The molecule has 1 amide bonds. The molecule has 0 N–H and O–H groups in total. The molecule has 0 unspecified atom stereocenters. The van der Waals surface area contributed by atoms with E-state index < -0.39 is 10.0 Å². The molecule has 7 nitrogen and oxygen atoms in total. The van der Waals surface area contributed by atoms with E-state index in [9.17, 15) is 13.2 Å². The number of amides is 1. The molecule has 2 aromatic rings. The van der Waals surface area contributed by atoms with Gasteiger partial charge in [0.05, 0.1) is 11.3 Å². The summed E-state index contributed by atoms with van der Waals surface area (Å²) in [5.74, 6) is 1.30. The van der Waals surface area contributed by atoms with Crippen molar-refractivity contribution in [3.63, 3.8) is 0 Å². The number of ether oxygens (including phenoxy) is 2. The summed E-state index contributed by atoms with van der Waals surface area (Å²) >= 11 is 5.84. The summed E-state index contributed by atoms with van der Waals surface area (Å²) in [5, 5.41) is 0.485. The maximum absolute atomic E-state index is 12.8. The SMILES string of the molecule is O=C(Cc1ccc2c(c1)OCCO2)N1CCN(S(=O)(=O)c2ccc(Cl)cc2)CC1. The van der Waals surface area contributed by atoms with E-state index in [4.69, 9.17) is 21.1 Å². The molecule has 2 aliphatic rings. The Kier molecular flexibility index (Phi) is 5.67. The zero-order valence-electron chi connectivity index (χ0n) is 15.7. The highest BCUT2D eigenvalue weighted by Gasteiger charge is 2.30. The van der Waals surface area contributed by atoms with E-state index in [1.165, 1.54) is 16.4 Å². The van der Waals surface area contributed by atoms with Gasteiger partial charge in [-0.15, -0.1) is 0 Å². The van der Waals surface area contributed by atoms with Crippen molar-refractivity contribution in [3.05, 3.63) is 53.1 Å². The Labute approximate surface area is 174 Å². The van der Waals surface area contributed by atoms with Gasteiger partial charge in [-0.3, -0.25) is 4.79 Å². The van der Waals surface area contributed by atoms with Crippen LogP contribution in [0.2, 0.25) is 5.02 Å². The molecule has 4 rings (SSSR count). The second-order valence-corrected chi connectivity index (χ2v) is 9.27. The molecule has 29 heavy (non-hydrogen) atoms. The quantitative estimate of drug-likeness (QED) is 0.734. The van der Waals surface area contributed by atoms with Crippen LogP contribution in [0.4, 0.5) is 0 Å². The molecular weight excluding hydrogens is 416 g/mol. The number of carbonyl (C=O) groups is 1. The molecule has 154 valence electrons. The van der Waals surface area contributed by atoms with Crippen molar-refractivity contribution >= 4 is 27.5 Å². The molecule has 0 atom stereocenters. The van der Waals surface area contributed by atoms with E-state index in [1.807, 2.05) is 18.2 Å². The molecule has 9 heteroatoms. The van der Waals surface area contributed by atoms with Crippen LogP contribution in [0.1, 0.15) is 5.56 Å². The summed E-state index contributed by atoms with van der Waals surface area (Å²) < 4.78 is 38.0. The normalized spacial score (nSPS) is 17.2. The highest BCUT2D eigenvalue weighted by molar-refractivity contribution is 7.89. The third-order valence-corrected chi connectivity index (χ3v) is 7.17. The van der Waals surface area contributed by atoms with E-state index in [0.717, 1.165) is 5.56 Å². The fourth-order valence-electron chi connectivity index (χ4n) is 3.42. The Morgan fingerprint density at radius 2 is 1.59 bits per heavy atom. The van der Waals surface area contributed by atoms with Crippen molar-refractivity contribution in [2.24, 2.45) is 0 Å². The van der Waals surface area contributed by atoms with Crippen LogP contribution < -0.4 is 9.47 Å². The van der Waals surface area contributed by atoms with Gasteiger partial charge in [0.1, 0.15) is 13.2 Å². The van der Waals surface area contributed by atoms with Crippen LogP contribution in [-0.4, -0.2) is 62.9 Å². The topological polar surface area (TPSA) is 76.2 Å². The predicted octanol–water partition coefficient (Wildman–Crippen LogP) is 2.19. The maximum atomic E-state index is 12.8. The third kappa shape index (κ3) is 4.34. The minimum atomic E-state index is -3.59. The lowest BCUT2D eigenvalue weighted by Gasteiger charge is -2.34. The van der Waals surface area contributed by atoms with Gasteiger partial charge in [-0.2, -0.15) is 4.31 Å². The average molecular weight is 437 g/mol.